The first-order chi connectivity index (χ1) is 14.2. The molecule has 0 aliphatic carbocycles. The maximum atomic E-state index is 12.9. The van der Waals surface area contributed by atoms with Gasteiger partial charge in [0.25, 0.3) is 0 Å². The van der Waals surface area contributed by atoms with Gasteiger partial charge >= 0.3 is 6.18 Å². The van der Waals surface area contributed by atoms with Crippen LogP contribution in [0, 0.1) is 5.92 Å². The summed E-state index contributed by atoms with van der Waals surface area (Å²) in [5.74, 6) is 0.113. The van der Waals surface area contributed by atoms with E-state index >= 15 is 0 Å². The number of hydrogen-bond donors (Lipinski definition) is 0. The van der Waals surface area contributed by atoms with Crippen LogP contribution in [0.4, 0.5) is 24.1 Å². The normalized spacial score (nSPS) is 15.6. The Kier molecular flexibility index (Phi) is 5.59. The van der Waals surface area contributed by atoms with Crippen molar-refractivity contribution in [3.63, 3.8) is 0 Å². The molecule has 1 amide bonds. The molecule has 4 rings (SSSR count). The number of piperidine rings is 1. The Bertz CT molecular complexity index is 1050. The fourth-order valence-electron chi connectivity index (χ4n) is 3.53. The molecule has 0 atom stereocenters. The zero-order valence-electron chi connectivity index (χ0n) is 16.0. The molecule has 0 radical (unpaired) electrons. The Morgan fingerprint density at radius 2 is 1.97 bits per heavy atom. The molecule has 3 aromatic rings. The van der Waals surface area contributed by atoms with Crippen molar-refractivity contribution in [2.24, 2.45) is 5.92 Å². The number of thiazole rings is 1. The van der Waals surface area contributed by atoms with Crippen molar-refractivity contribution in [2.75, 3.05) is 29.9 Å². The van der Waals surface area contributed by atoms with Crippen molar-refractivity contribution in [3.05, 3.63) is 47.1 Å². The van der Waals surface area contributed by atoms with Crippen LogP contribution in [0.25, 0.3) is 10.2 Å². The summed E-state index contributed by atoms with van der Waals surface area (Å²) in [5, 5.41) is 0.609. The van der Waals surface area contributed by atoms with Crippen LogP contribution in [0.15, 0.2) is 36.5 Å². The van der Waals surface area contributed by atoms with Crippen LogP contribution in [-0.4, -0.2) is 36.0 Å². The molecule has 158 valence electrons. The lowest BCUT2D eigenvalue weighted by molar-refractivity contribution is -0.137. The van der Waals surface area contributed by atoms with Gasteiger partial charge in [-0.3, -0.25) is 9.69 Å². The summed E-state index contributed by atoms with van der Waals surface area (Å²) in [6, 6.07) is 8.61. The van der Waals surface area contributed by atoms with E-state index in [2.05, 4.69) is 9.97 Å². The number of carbonyl (C=O) groups is 1. The van der Waals surface area contributed by atoms with E-state index in [1.807, 2.05) is 29.2 Å². The van der Waals surface area contributed by atoms with Crippen LogP contribution >= 0.6 is 22.9 Å². The number of nitrogens with zero attached hydrogens (tertiary/aromatic N) is 4. The molecule has 1 aliphatic rings. The Labute approximate surface area is 180 Å². The lowest BCUT2D eigenvalue weighted by Gasteiger charge is -2.33. The van der Waals surface area contributed by atoms with Crippen molar-refractivity contribution in [1.29, 1.82) is 0 Å². The molecule has 0 spiro atoms. The average molecular weight is 455 g/mol. The Balaban J connectivity index is 1.42. The number of fused-ring (bicyclic) bond motifs is 1. The zero-order chi connectivity index (χ0) is 21.5. The fourth-order valence-corrected chi connectivity index (χ4v) is 4.75. The van der Waals surface area contributed by atoms with Gasteiger partial charge in [0.05, 0.1) is 20.8 Å². The highest BCUT2D eigenvalue weighted by Crippen LogP contribution is 2.35. The number of benzene rings is 1. The van der Waals surface area contributed by atoms with E-state index in [1.165, 1.54) is 11.3 Å². The maximum Gasteiger partial charge on any atom is 0.417 e. The predicted molar refractivity (Wildman–Crippen MR) is 112 cm³/mol. The number of para-hydroxylation sites is 1. The van der Waals surface area contributed by atoms with Gasteiger partial charge in [-0.15, -0.1) is 0 Å². The third-order valence-electron chi connectivity index (χ3n) is 5.19. The van der Waals surface area contributed by atoms with Crippen LogP contribution in [0.1, 0.15) is 18.4 Å². The second kappa shape index (κ2) is 8.03. The molecule has 1 saturated heterocycles. The summed E-state index contributed by atoms with van der Waals surface area (Å²) in [6.07, 6.45) is -2.57. The first-order valence-corrected chi connectivity index (χ1v) is 10.5. The molecule has 30 heavy (non-hydrogen) atoms. The number of pyridine rings is 1. The number of aromatic nitrogens is 2. The summed E-state index contributed by atoms with van der Waals surface area (Å²) < 4.78 is 39.4. The summed E-state index contributed by atoms with van der Waals surface area (Å²) in [7, 11) is 1.72. The number of anilines is 2. The van der Waals surface area contributed by atoms with Crippen LogP contribution in [0.3, 0.4) is 0 Å². The topological polar surface area (TPSA) is 49.3 Å². The number of halogens is 4. The number of carbonyl (C=O) groups excluding carboxylic acids is 1. The molecule has 1 aromatic carbocycles. The van der Waals surface area contributed by atoms with Gasteiger partial charge in [-0.2, -0.15) is 13.2 Å². The molecule has 5 nitrogen and oxygen atoms in total. The minimum Gasteiger partial charge on any atom is -0.355 e. The average Bonchev–Trinajstić information content (AvgIpc) is 3.16. The van der Waals surface area contributed by atoms with Crippen LogP contribution in [-0.2, 0) is 11.0 Å². The number of rotatable bonds is 3. The van der Waals surface area contributed by atoms with Crippen LogP contribution < -0.4 is 9.80 Å². The van der Waals surface area contributed by atoms with Crippen molar-refractivity contribution >= 4 is 50.0 Å². The van der Waals surface area contributed by atoms with Gasteiger partial charge in [0.15, 0.2) is 5.13 Å². The van der Waals surface area contributed by atoms with E-state index < -0.39 is 11.7 Å². The van der Waals surface area contributed by atoms with Gasteiger partial charge < -0.3 is 4.90 Å². The SMILES string of the molecule is CN(C(=O)C1CCN(c2ncc(C(F)(F)F)cc2Cl)CC1)c1nc2ccccc2s1. The van der Waals surface area contributed by atoms with Crippen molar-refractivity contribution in [2.45, 2.75) is 19.0 Å². The Morgan fingerprint density at radius 1 is 1.27 bits per heavy atom. The van der Waals surface area contributed by atoms with Crippen LogP contribution in [0.5, 0.6) is 0 Å². The molecule has 0 bridgehead atoms. The Morgan fingerprint density at radius 3 is 2.60 bits per heavy atom. The maximum absolute atomic E-state index is 12.9. The van der Waals surface area contributed by atoms with E-state index in [-0.39, 0.29) is 16.8 Å². The second-order valence-corrected chi connectivity index (χ2v) is 8.57. The predicted octanol–water partition coefficient (Wildman–Crippen LogP) is 5.24. The number of hydrogen-bond acceptors (Lipinski definition) is 5. The number of amides is 1. The zero-order valence-corrected chi connectivity index (χ0v) is 17.6. The van der Waals surface area contributed by atoms with Crippen LogP contribution in [0.2, 0.25) is 5.02 Å². The van der Waals surface area contributed by atoms with Crippen molar-refractivity contribution in [3.8, 4) is 0 Å². The molecule has 0 N–H and O–H groups in total. The van der Waals surface area contributed by atoms with Gasteiger partial charge in [-0.25, -0.2) is 9.97 Å². The largest absolute Gasteiger partial charge is 0.417 e. The summed E-state index contributed by atoms with van der Waals surface area (Å²) in [6.45, 7) is 0.977. The molecular formula is C20H18ClF3N4OS. The number of alkyl halides is 3. The second-order valence-electron chi connectivity index (χ2n) is 7.15. The summed E-state index contributed by atoms with van der Waals surface area (Å²) in [4.78, 5) is 24.8. The lowest BCUT2D eigenvalue weighted by Crippen LogP contribution is -2.41. The first kappa shape index (κ1) is 20.9. The minimum atomic E-state index is -4.49. The quantitative estimate of drug-likeness (QED) is 0.543. The first-order valence-electron chi connectivity index (χ1n) is 9.35. The highest BCUT2D eigenvalue weighted by molar-refractivity contribution is 7.22. The van der Waals surface area contributed by atoms with E-state index in [0.29, 0.717) is 36.9 Å². The molecule has 0 unspecified atom stereocenters. The fraction of sp³-hybridized carbons (Fsp3) is 0.350. The molecular weight excluding hydrogens is 437 g/mol. The summed E-state index contributed by atoms with van der Waals surface area (Å²) in [5.41, 5.74) is -0.0197. The molecule has 1 fully saturated rings. The third-order valence-corrected chi connectivity index (χ3v) is 6.58. The van der Waals surface area contributed by atoms with Gasteiger partial charge in [-0.05, 0) is 31.0 Å². The third kappa shape index (κ3) is 4.09. The van der Waals surface area contributed by atoms with Gasteiger partial charge in [0, 0.05) is 32.3 Å². The van der Waals surface area contributed by atoms with Gasteiger partial charge in [0.2, 0.25) is 5.91 Å². The summed E-state index contributed by atoms with van der Waals surface area (Å²) >= 11 is 7.52. The highest BCUT2D eigenvalue weighted by atomic mass is 35.5. The Hall–Kier alpha value is -2.39. The molecule has 0 saturated carbocycles. The smallest absolute Gasteiger partial charge is 0.355 e. The van der Waals surface area contributed by atoms with E-state index in [1.54, 1.807) is 11.9 Å². The van der Waals surface area contributed by atoms with E-state index in [0.717, 1.165) is 22.5 Å². The highest BCUT2D eigenvalue weighted by Gasteiger charge is 2.33. The standard InChI is InChI=1S/C20H18ClF3N4OS/c1-27(19-26-15-4-2-3-5-16(15)30-19)18(29)12-6-8-28(9-7-12)17-14(21)10-13(11-25-17)20(22,23)24/h2-5,10-12H,6-9H2,1H3. The molecule has 2 aromatic heterocycles. The van der Waals surface area contributed by atoms with E-state index in [9.17, 15) is 18.0 Å². The molecule has 1 aliphatic heterocycles. The minimum absolute atomic E-state index is 0.0137. The van der Waals surface area contributed by atoms with E-state index in [4.69, 9.17) is 11.6 Å². The van der Waals surface area contributed by atoms with Crippen molar-refractivity contribution in [1.82, 2.24) is 9.97 Å². The monoisotopic (exact) mass is 454 g/mol. The van der Waals surface area contributed by atoms with Gasteiger partial charge in [-0.1, -0.05) is 35.1 Å². The van der Waals surface area contributed by atoms with Gasteiger partial charge in [0.1, 0.15) is 5.82 Å². The molecule has 10 heteroatoms. The lowest BCUT2D eigenvalue weighted by atomic mass is 9.95. The van der Waals surface area contributed by atoms with Crippen molar-refractivity contribution < 1.29 is 18.0 Å². The molecule has 3 heterocycles.